The molecule has 0 heterocycles. The van der Waals surface area contributed by atoms with Crippen molar-refractivity contribution in [3.8, 4) is 6.07 Å². The predicted molar refractivity (Wildman–Crippen MR) is 63.9 cm³/mol. The Hall–Kier alpha value is -2.88. The summed E-state index contributed by atoms with van der Waals surface area (Å²) in [5.41, 5.74) is 5.30. The van der Waals surface area contributed by atoms with Crippen molar-refractivity contribution < 1.29 is 19.5 Å². The maximum absolute atomic E-state index is 11.8. The van der Waals surface area contributed by atoms with Crippen LogP contribution >= 0.6 is 0 Å². The number of carbonyl (C=O) groups is 3. The van der Waals surface area contributed by atoms with Gasteiger partial charge >= 0.3 is 5.97 Å². The molecule has 0 spiro atoms. The zero-order valence-electron chi connectivity index (χ0n) is 9.79. The van der Waals surface area contributed by atoms with Gasteiger partial charge in [0.05, 0.1) is 18.1 Å². The van der Waals surface area contributed by atoms with Crippen molar-refractivity contribution in [1.82, 2.24) is 5.32 Å². The Morgan fingerprint density at radius 2 is 2.11 bits per heavy atom. The van der Waals surface area contributed by atoms with Crippen LogP contribution in [0.25, 0.3) is 0 Å². The minimum absolute atomic E-state index is 0.134. The number of hydrogen-bond donors (Lipinski definition) is 3. The first-order valence-electron chi connectivity index (χ1n) is 5.26. The van der Waals surface area contributed by atoms with Crippen molar-refractivity contribution >= 4 is 17.8 Å². The molecule has 0 radical (unpaired) electrons. The van der Waals surface area contributed by atoms with Crippen LogP contribution in [0.1, 0.15) is 22.3 Å². The summed E-state index contributed by atoms with van der Waals surface area (Å²) in [5.74, 6) is -2.88. The number of nitriles is 1. The molecule has 0 aliphatic carbocycles. The van der Waals surface area contributed by atoms with Gasteiger partial charge in [-0.3, -0.25) is 9.59 Å². The highest BCUT2D eigenvalue weighted by molar-refractivity contribution is 5.97. The molecule has 7 heteroatoms. The van der Waals surface area contributed by atoms with Crippen LogP contribution in [0.15, 0.2) is 24.3 Å². The Morgan fingerprint density at radius 3 is 2.63 bits per heavy atom. The molecule has 1 rings (SSSR count). The summed E-state index contributed by atoms with van der Waals surface area (Å²) in [4.78, 5) is 33.3. The largest absolute Gasteiger partial charge is 0.480 e. The summed E-state index contributed by atoms with van der Waals surface area (Å²) in [6.45, 7) is 0. The van der Waals surface area contributed by atoms with E-state index in [1.165, 1.54) is 24.3 Å². The molecule has 2 amide bonds. The number of amides is 2. The van der Waals surface area contributed by atoms with Gasteiger partial charge in [-0.05, 0) is 18.2 Å². The third-order valence-electron chi connectivity index (χ3n) is 2.26. The smallest absolute Gasteiger partial charge is 0.326 e. The Labute approximate surface area is 108 Å². The average molecular weight is 261 g/mol. The number of hydrogen-bond acceptors (Lipinski definition) is 4. The van der Waals surface area contributed by atoms with Crippen LogP contribution in [0.3, 0.4) is 0 Å². The van der Waals surface area contributed by atoms with Crippen LogP contribution in [0.2, 0.25) is 0 Å². The highest BCUT2D eigenvalue weighted by Crippen LogP contribution is 2.05. The summed E-state index contributed by atoms with van der Waals surface area (Å²) < 4.78 is 0. The molecule has 98 valence electrons. The number of nitrogens with two attached hydrogens (primary N) is 1. The van der Waals surface area contributed by atoms with E-state index in [4.69, 9.17) is 16.1 Å². The Kier molecular flexibility index (Phi) is 4.60. The topological polar surface area (TPSA) is 133 Å². The number of rotatable bonds is 5. The van der Waals surface area contributed by atoms with Crippen LogP contribution in [0.4, 0.5) is 0 Å². The molecule has 0 saturated carbocycles. The van der Waals surface area contributed by atoms with Gasteiger partial charge in [-0.25, -0.2) is 4.79 Å². The lowest BCUT2D eigenvalue weighted by Crippen LogP contribution is -2.43. The molecule has 0 aliphatic heterocycles. The number of primary amides is 1. The maximum atomic E-state index is 11.8. The molecule has 19 heavy (non-hydrogen) atoms. The first-order chi connectivity index (χ1) is 8.93. The predicted octanol–water partition coefficient (Wildman–Crippen LogP) is -0.383. The fraction of sp³-hybridized carbons (Fsp3) is 0.167. The lowest BCUT2D eigenvalue weighted by molar-refractivity contribution is -0.140. The molecule has 0 fully saturated rings. The lowest BCUT2D eigenvalue weighted by Gasteiger charge is -2.12. The summed E-state index contributed by atoms with van der Waals surface area (Å²) in [6, 6.07) is 6.22. The van der Waals surface area contributed by atoms with Crippen molar-refractivity contribution in [3.05, 3.63) is 35.4 Å². The van der Waals surface area contributed by atoms with Gasteiger partial charge in [-0.1, -0.05) is 6.07 Å². The highest BCUT2D eigenvalue weighted by atomic mass is 16.4. The molecule has 7 nitrogen and oxygen atoms in total. The second-order valence-corrected chi connectivity index (χ2v) is 3.73. The van der Waals surface area contributed by atoms with Gasteiger partial charge in [0.25, 0.3) is 5.91 Å². The van der Waals surface area contributed by atoms with E-state index in [-0.39, 0.29) is 11.1 Å². The van der Waals surface area contributed by atoms with Gasteiger partial charge in [-0.15, -0.1) is 0 Å². The van der Waals surface area contributed by atoms with Crippen LogP contribution in [0, 0.1) is 11.3 Å². The fourth-order valence-corrected chi connectivity index (χ4v) is 1.37. The normalized spacial score (nSPS) is 11.1. The van der Waals surface area contributed by atoms with Crippen molar-refractivity contribution in [1.29, 1.82) is 5.26 Å². The Bertz CT molecular complexity index is 562. The van der Waals surface area contributed by atoms with Crippen LogP contribution in [-0.2, 0) is 9.59 Å². The first-order valence-corrected chi connectivity index (χ1v) is 5.26. The van der Waals surface area contributed by atoms with Crippen molar-refractivity contribution in [2.24, 2.45) is 5.73 Å². The molecule has 0 aromatic heterocycles. The van der Waals surface area contributed by atoms with Gasteiger partial charge < -0.3 is 16.2 Å². The van der Waals surface area contributed by atoms with E-state index in [0.717, 1.165) is 0 Å². The minimum Gasteiger partial charge on any atom is -0.480 e. The number of aliphatic carboxylic acids is 1. The molecule has 4 N–H and O–H groups in total. The Balaban J connectivity index is 2.85. The summed E-state index contributed by atoms with van der Waals surface area (Å²) in [7, 11) is 0. The molecule has 0 saturated heterocycles. The highest BCUT2D eigenvalue weighted by Gasteiger charge is 2.22. The minimum atomic E-state index is -1.39. The molecule has 0 aliphatic rings. The molecular formula is C12H11N3O4. The van der Waals surface area contributed by atoms with Crippen LogP contribution in [-0.4, -0.2) is 28.9 Å². The second-order valence-electron chi connectivity index (χ2n) is 3.73. The van der Waals surface area contributed by atoms with Gasteiger partial charge in [-0.2, -0.15) is 5.26 Å². The van der Waals surface area contributed by atoms with E-state index in [1.807, 2.05) is 6.07 Å². The summed E-state index contributed by atoms with van der Waals surface area (Å²) in [5, 5.41) is 19.7. The maximum Gasteiger partial charge on any atom is 0.326 e. The van der Waals surface area contributed by atoms with Crippen molar-refractivity contribution in [2.45, 2.75) is 12.5 Å². The molecule has 1 aromatic carbocycles. The van der Waals surface area contributed by atoms with Crippen molar-refractivity contribution in [2.75, 3.05) is 0 Å². The second kappa shape index (κ2) is 6.16. The van der Waals surface area contributed by atoms with E-state index in [1.54, 1.807) is 0 Å². The lowest BCUT2D eigenvalue weighted by atomic mass is 10.1. The molecule has 0 bridgehead atoms. The van der Waals surface area contributed by atoms with Crippen molar-refractivity contribution in [3.63, 3.8) is 0 Å². The van der Waals surface area contributed by atoms with Gasteiger partial charge in [0.2, 0.25) is 5.91 Å². The standard InChI is InChI=1S/C12H11N3O4/c13-6-7-2-1-3-8(4-7)11(17)15-9(12(18)19)5-10(14)16/h1-4,9H,5H2,(H2,14,16)(H,15,17)(H,18,19)/t9-/m1/s1. The number of carboxylic acid groups (broad SMARTS) is 1. The molecule has 0 unspecified atom stereocenters. The molecule has 1 atom stereocenters. The number of carboxylic acids is 1. The third kappa shape index (κ3) is 4.12. The van der Waals surface area contributed by atoms with E-state index >= 15 is 0 Å². The summed E-state index contributed by atoms with van der Waals surface area (Å²) in [6.07, 6.45) is -0.501. The molecular weight excluding hydrogens is 250 g/mol. The third-order valence-corrected chi connectivity index (χ3v) is 2.26. The number of carbonyl (C=O) groups excluding carboxylic acids is 2. The van der Waals surface area contributed by atoms with E-state index < -0.39 is 30.2 Å². The Morgan fingerprint density at radius 1 is 1.42 bits per heavy atom. The zero-order valence-corrected chi connectivity index (χ0v) is 9.79. The monoisotopic (exact) mass is 261 g/mol. The summed E-state index contributed by atoms with van der Waals surface area (Å²) >= 11 is 0. The van der Waals surface area contributed by atoms with Crippen LogP contribution < -0.4 is 11.1 Å². The number of nitrogens with one attached hydrogen (secondary N) is 1. The van der Waals surface area contributed by atoms with Gasteiger partial charge in [0, 0.05) is 5.56 Å². The van der Waals surface area contributed by atoms with E-state index in [0.29, 0.717) is 0 Å². The molecule has 1 aromatic rings. The zero-order chi connectivity index (χ0) is 14.4. The van der Waals surface area contributed by atoms with E-state index in [9.17, 15) is 14.4 Å². The van der Waals surface area contributed by atoms with Gasteiger partial charge in [0.15, 0.2) is 0 Å². The average Bonchev–Trinajstić information content (AvgIpc) is 2.37. The number of nitrogens with zero attached hydrogens (tertiary/aromatic N) is 1. The SMILES string of the molecule is N#Cc1cccc(C(=O)N[C@H](CC(N)=O)C(=O)O)c1. The first kappa shape index (κ1) is 14.2. The number of benzene rings is 1. The van der Waals surface area contributed by atoms with E-state index in [2.05, 4.69) is 5.32 Å². The quantitative estimate of drug-likeness (QED) is 0.664. The van der Waals surface area contributed by atoms with Gasteiger partial charge in [0.1, 0.15) is 6.04 Å². The van der Waals surface area contributed by atoms with Crippen LogP contribution in [0.5, 0.6) is 0 Å². The fourth-order valence-electron chi connectivity index (χ4n) is 1.37.